The minimum Gasteiger partial charge on any atom is -0.497 e. The Hall–Kier alpha value is -3.28. The number of nitrogens with zero attached hydrogens (tertiary/aromatic N) is 4. The van der Waals surface area contributed by atoms with Crippen LogP contribution in [0.3, 0.4) is 0 Å². The normalized spacial score (nSPS) is 15.6. The summed E-state index contributed by atoms with van der Waals surface area (Å²) in [4.78, 5) is 9.13. The number of benzene rings is 2. The molecule has 2 aliphatic heterocycles. The van der Waals surface area contributed by atoms with Gasteiger partial charge in [0.1, 0.15) is 11.5 Å². The lowest BCUT2D eigenvalue weighted by atomic mass is 10.3. The van der Waals surface area contributed by atoms with E-state index in [9.17, 15) is 0 Å². The van der Waals surface area contributed by atoms with Gasteiger partial charge in [-0.15, -0.1) is 0 Å². The summed E-state index contributed by atoms with van der Waals surface area (Å²) in [6.07, 6.45) is 8.58. The lowest BCUT2D eigenvalue weighted by molar-refractivity contribution is 0.322. The first-order valence-electron chi connectivity index (χ1n) is 9.41. The van der Waals surface area contributed by atoms with Gasteiger partial charge in [-0.1, -0.05) is 0 Å². The highest BCUT2D eigenvalue weighted by Gasteiger charge is 2.17. The summed E-state index contributed by atoms with van der Waals surface area (Å²) in [7, 11) is 3.38. The van der Waals surface area contributed by atoms with Crippen molar-refractivity contribution < 1.29 is 9.47 Å². The van der Waals surface area contributed by atoms with Crippen molar-refractivity contribution in [1.29, 1.82) is 0 Å². The van der Waals surface area contributed by atoms with E-state index in [-0.39, 0.29) is 0 Å². The fraction of sp³-hybridized carbons (Fsp3) is 0.273. The number of ether oxygens (including phenoxy) is 2. The molecule has 0 saturated carbocycles. The number of hydrogen-bond acceptors (Lipinski definition) is 6. The average molecular weight is 378 g/mol. The van der Waals surface area contributed by atoms with Gasteiger partial charge in [-0.2, -0.15) is 0 Å². The molecule has 0 amide bonds. The third-order valence-electron chi connectivity index (χ3n) is 5.07. The molecule has 2 aliphatic rings. The number of methoxy groups -OCH3 is 2. The minimum absolute atomic E-state index is 0.867. The van der Waals surface area contributed by atoms with Gasteiger partial charge in [0.2, 0.25) is 0 Å². The molecule has 6 nitrogen and oxygen atoms in total. The van der Waals surface area contributed by atoms with Crippen molar-refractivity contribution in [3.05, 3.63) is 73.3 Å². The van der Waals surface area contributed by atoms with Gasteiger partial charge in [0, 0.05) is 49.3 Å². The molecule has 2 aromatic carbocycles. The lowest BCUT2D eigenvalue weighted by Crippen LogP contribution is -2.33. The van der Waals surface area contributed by atoms with E-state index < -0.39 is 0 Å². The molecule has 0 saturated heterocycles. The Kier molecular flexibility index (Phi) is 5.28. The molecule has 28 heavy (non-hydrogen) atoms. The van der Waals surface area contributed by atoms with Crippen LogP contribution in [0, 0.1) is 0 Å². The maximum Gasteiger partial charge on any atom is 0.119 e. The molecule has 0 spiro atoms. The van der Waals surface area contributed by atoms with Crippen molar-refractivity contribution in [2.75, 3.05) is 50.4 Å². The summed E-state index contributed by atoms with van der Waals surface area (Å²) in [6.45, 7) is 3.69. The SMILES string of the molecule is COc1ccc(N2C=CN(CCN3C=CN(c4ccc(OC)cc4)C3)C2)cc1. The lowest BCUT2D eigenvalue weighted by Gasteiger charge is -2.25. The van der Waals surface area contributed by atoms with Crippen molar-refractivity contribution in [3.63, 3.8) is 0 Å². The molecule has 2 aromatic rings. The maximum atomic E-state index is 5.23. The molecule has 6 heteroatoms. The Morgan fingerprint density at radius 2 is 1.00 bits per heavy atom. The van der Waals surface area contributed by atoms with Crippen LogP contribution in [0.4, 0.5) is 11.4 Å². The molecule has 0 fully saturated rings. The third-order valence-corrected chi connectivity index (χ3v) is 5.07. The standard InChI is InChI=1S/C22H26N4O2/c1-27-21-7-3-19(4-8-21)25-15-13-23(17-25)11-12-24-14-16-26(18-24)20-5-9-22(28-2)10-6-20/h3-10,13-16H,11-12,17-18H2,1-2H3. The van der Waals surface area contributed by atoms with Crippen LogP contribution in [-0.2, 0) is 0 Å². The zero-order chi connectivity index (χ0) is 19.3. The van der Waals surface area contributed by atoms with Gasteiger partial charge < -0.3 is 29.1 Å². The van der Waals surface area contributed by atoms with Crippen LogP contribution >= 0.6 is 0 Å². The van der Waals surface area contributed by atoms with Gasteiger partial charge in [0.15, 0.2) is 0 Å². The zero-order valence-corrected chi connectivity index (χ0v) is 16.4. The molecule has 0 unspecified atom stereocenters. The summed E-state index contributed by atoms with van der Waals surface area (Å²) in [6, 6.07) is 16.3. The Morgan fingerprint density at radius 3 is 1.36 bits per heavy atom. The van der Waals surface area contributed by atoms with Gasteiger partial charge in [-0.3, -0.25) is 0 Å². The van der Waals surface area contributed by atoms with Crippen LogP contribution in [0.2, 0.25) is 0 Å². The summed E-state index contributed by atoms with van der Waals surface area (Å²) >= 11 is 0. The quantitative estimate of drug-likeness (QED) is 0.733. The van der Waals surface area contributed by atoms with Crippen LogP contribution in [0.1, 0.15) is 0 Å². The average Bonchev–Trinajstić information content (AvgIpc) is 3.42. The summed E-state index contributed by atoms with van der Waals surface area (Å²) in [5.41, 5.74) is 2.34. The highest BCUT2D eigenvalue weighted by Crippen LogP contribution is 2.24. The van der Waals surface area contributed by atoms with Gasteiger partial charge >= 0.3 is 0 Å². The molecular weight excluding hydrogens is 352 g/mol. The van der Waals surface area contributed by atoms with Crippen molar-refractivity contribution >= 4 is 11.4 Å². The van der Waals surface area contributed by atoms with Crippen molar-refractivity contribution in [3.8, 4) is 11.5 Å². The second kappa shape index (κ2) is 8.17. The predicted octanol–water partition coefficient (Wildman–Crippen LogP) is 3.51. The molecule has 0 radical (unpaired) electrons. The van der Waals surface area contributed by atoms with E-state index in [1.165, 1.54) is 11.4 Å². The third kappa shape index (κ3) is 4.01. The predicted molar refractivity (Wildman–Crippen MR) is 112 cm³/mol. The second-order valence-electron chi connectivity index (χ2n) is 6.84. The minimum atomic E-state index is 0.867. The Labute approximate surface area is 166 Å². The van der Waals surface area contributed by atoms with Crippen LogP contribution in [0.15, 0.2) is 73.3 Å². The van der Waals surface area contributed by atoms with E-state index in [4.69, 9.17) is 9.47 Å². The molecule has 0 aliphatic carbocycles. The fourth-order valence-electron chi connectivity index (χ4n) is 3.36. The van der Waals surface area contributed by atoms with E-state index in [2.05, 4.69) is 68.7 Å². The van der Waals surface area contributed by atoms with Crippen LogP contribution in [0.5, 0.6) is 11.5 Å². The topological polar surface area (TPSA) is 31.4 Å². The van der Waals surface area contributed by atoms with Crippen LogP contribution in [0.25, 0.3) is 0 Å². The molecule has 146 valence electrons. The van der Waals surface area contributed by atoms with E-state index in [1.54, 1.807) is 14.2 Å². The molecule has 0 atom stereocenters. The fourth-order valence-corrected chi connectivity index (χ4v) is 3.36. The molecule has 4 rings (SSSR count). The number of anilines is 2. The van der Waals surface area contributed by atoms with Gasteiger partial charge in [-0.05, 0) is 48.5 Å². The molecule has 0 bridgehead atoms. The molecule has 0 aromatic heterocycles. The first-order chi connectivity index (χ1) is 13.7. The number of rotatable bonds is 7. The van der Waals surface area contributed by atoms with E-state index in [0.29, 0.717) is 0 Å². The smallest absolute Gasteiger partial charge is 0.119 e. The summed E-state index contributed by atoms with van der Waals surface area (Å²) in [5.74, 6) is 1.76. The highest BCUT2D eigenvalue weighted by atomic mass is 16.5. The Bertz CT molecular complexity index is 761. The number of hydrogen-bond donors (Lipinski definition) is 0. The zero-order valence-electron chi connectivity index (χ0n) is 16.4. The summed E-state index contributed by atoms with van der Waals surface area (Å²) < 4.78 is 10.5. The Balaban J connectivity index is 1.24. The van der Waals surface area contributed by atoms with Gasteiger partial charge in [-0.25, -0.2) is 0 Å². The molecule has 0 N–H and O–H groups in total. The largest absolute Gasteiger partial charge is 0.497 e. The monoisotopic (exact) mass is 378 g/mol. The van der Waals surface area contributed by atoms with Crippen LogP contribution < -0.4 is 19.3 Å². The maximum absolute atomic E-state index is 5.23. The second-order valence-corrected chi connectivity index (χ2v) is 6.84. The van der Waals surface area contributed by atoms with Crippen molar-refractivity contribution in [2.24, 2.45) is 0 Å². The van der Waals surface area contributed by atoms with E-state index in [1.807, 2.05) is 24.3 Å². The van der Waals surface area contributed by atoms with Crippen molar-refractivity contribution in [1.82, 2.24) is 9.80 Å². The van der Waals surface area contributed by atoms with Gasteiger partial charge in [0.05, 0.1) is 27.6 Å². The molecule has 2 heterocycles. The van der Waals surface area contributed by atoms with Crippen molar-refractivity contribution in [2.45, 2.75) is 0 Å². The van der Waals surface area contributed by atoms with E-state index in [0.717, 1.165) is 37.9 Å². The van der Waals surface area contributed by atoms with Gasteiger partial charge in [0.25, 0.3) is 0 Å². The highest BCUT2D eigenvalue weighted by molar-refractivity contribution is 5.53. The van der Waals surface area contributed by atoms with Crippen LogP contribution in [-0.4, -0.2) is 50.4 Å². The first kappa shape index (κ1) is 18.1. The Morgan fingerprint density at radius 1 is 0.607 bits per heavy atom. The first-order valence-corrected chi connectivity index (χ1v) is 9.41. The van der Waals surface area contributed by atoms with E-state index >= 15 is 0 Å². The summed E-state index contributed by atoms with van der Waals surface area (Å²) in [5, 5.41) is 0. The molecular formula is C22H26N4O2.